The molecule has 2 aromatic carbocycles. The lowest BCUT2D eigenvalue weighted by atomic mass is 10.0. The second-order valence-electron chi connectivity index (χ2n) is 5.26. The van der Waals surface area contributed by atoms with Crippen LogP contribution in [0.3, 0.4) is 0 Å². The van der Waals surface area contributed by atoms with Crippen LogP contribution in [0.15, 0.2) is 66.7 Å². The minimum absolute atomic E-state index is 1.19. The Balaban J connectivity index is 1.82. The fourth-order valence-corrected chi connectivity index (χ4v) is 3.49. The van der Waals surface area contributed by atoms with E-state index in [1.165, 1.54) is 37.5 Å². The second kappa shape index (κ2) is 4.90. The van der Waals surface area contributed by atoms with Crippen LogP contribution in [0.5, 0.6) is 0 Å². The molecule has 2 aromatic heterocycles. The molecule has 2 heterocycles. The highest BCUT2D eigenvalue weighted by molar-refractivity contribution is 7.15. The van der Waals surface area contributed by atoms with Gasteiger partial charge in [0.25, 0.3) is 0 Å². The van der Waals surface area contributed by atoms with Crippen molar-refractivity contribution in [2.45, 2.75) is 6.92 Å². The van der Waals surface area contributed by atoms with Crippen molar-refractivity contribution in [1.82, 2.24) is 4.98 Å². The van der Waals surface area contributed by atoms with Crippen molar-refractivity contribution in [1.29, 1.82) is 0 Å². The Bertz CT molecular complexity index is 900. The number of hydrogen-bond acceptors (Lipinski definition) is 1. The molecule has 0 aliphatic carbocycles. The molecular formula is C19H15NS. The number of thiophene rings is 1. The molecule has 4 rings (SSSR count). The number of benzene rings is 2. The van der Waals surface area contributed by atoms with E-state index in [0.717, 1.165) is 0 Å². The summed E-state index contributed by atoms with van der Waals surface area (Å²) in [5.41, 5.74) is 4.91. The first-order valence-corrected chi connectivity index (χ1v) is 7.86. The molecule has 0 aliphatic heterocycles. The topological polar surface area (TPSA) is 15.8 Å². The van der Waals surface area contributed by atoms with Gasteiger partial charge in [-0.05, 0) is 48.4 Å². The van der Waals surface area contributed by atoms with E-state index in [1.807, 2.05) is 11.3 Å². The van der Waals surface area contributed by atoms with Gasteiger partial charge in [0.2, 0.25) is 0 Å². The SMILES string of the molecule is Cc1ccc(-c2cc3cc(-c4ccccc4)ccc3[nH]2)s1. The molecule has 1 N–H and O–H groups in total. The third-order valence-corrected chi connectivity index (χ3v) is 4.77. The maximum Gasteiger partial charge on any atom is 0.0566 e. The lowest BCUT2D eigenvalue weighted by Crippen LogP contribution is -1.76. The molecule has 102 valence electrons. The summed E-state index contributed by atoms with van der Waals surface area (Å²) in [5, 5.41) is 1.26. The number of rotatable bonds is 2. The molecule has 21 heavy (non-hydrogen) atoms. The zero-order valence-electron chi connectivity index (χ0n) is 11.8. The van der Waals surface area contributed by atoms with E-state index in [0.29, 0.717) is 0 Å². The second-order valence-corrected chi connectivity index (χ2v) is 6.55. The number of hydrogen-bond donors (Lipinski definition) is 1. The van der Waals surface area contributed by atoms with Gasteiger partial charge in [0, 0.05) is 15.8 Å². The molecule has 2 heteroatoms. The van der Waals surface area contributed by atoms with E-state index >= 15 is 0 Å². The third kappa shape index (κ3) is 2.28. The van der Waals surface area contributed by atoms with Gasteiger partial charge in [-0.25, -0.2) is 0 Å². The Morgan fingerprint density at radius 2 is 1.67 bits per heavy atom. The largest absolute Gasteiger partial charge is 0.354 e. The van der Waals surface area contributed by atoms with Crippen LogP contribution in [0.4, 0.5) is 0 Å². The first kappa shape index (κ1) is 12.4. The van der Waals surface area contributed by atoms with Gasteiger partial charge in [-0.2, -0.15) is 0 Å². The molecule has 1 nitrogen and oxygen atoms in total. The normalized spacial score (nSPS) is 11.1. The zero-order chi connectivity index (χ0) is 14.2. The van der Waals surface area contributed by atoms with Gasteiger partial charge in [0.1, 0.15) is 0 Å². The van der Waals surface area contributed by atoms with Gasteiger partial charge in [-0.15, -0.1) is 11.3 Å². The number of aryl methyl sites for hydroxylation is 1. The molecule has 4 aromatic rings. The molecule has 0 saturated heterocycles. The molecule has 0 amide bonds. The van der Waals surface area contributed by atoms with Crippen LogP contribution < -0.4 is 0 Å². The van der Waals surface area contributed by atoms with Gasteiger partial charge in [0.05, 0.1) is 10.6 Å². The summed E-state index contributed by atoms with van der Waals surface area (Å²) in [6.45, 7) is 2.14. The van der Waals surface area contributed by atoms with Crippen LogP contribution in [0, 0.1) is 6.92 Å². The molecule has 0 bridgehead atoms. The van der Waals surface area contributed by atoms with Gasteiger partial charge >= 0.3 is 0 Å². The summed E-state index contributed by atoms with van der Waals surface area (Å²) in [6, 6.07) is 23.7. The van der Waals surface area contributed by atoms with Crippen LogP contribution in [0.2, 0.25) is 0 Å². The summed E-state index contributed by atoms with van der Waals surface area (Å²) in [7, 11) is 0. The highest BCUT2D eigenvalue weighted by Gasteiger charge is 2.06. The fraction of sp³-hybridized carbons (Fsp3) is 0.0526. The third-order valence-electron chi connectivity index (χ3n) is 3.73. The predicted molar refractivity (Wildman–Crippen MR) is 91.8 cm³/mol. The van der Waals surface area contributed by atoms with Crippen molar-refractivity contribution >= 4 is 22.2 Å². The van der Waals surface area contributed by atoms with E-state index in [9.17, 15) is 0 Å². The molecule has 0 saturated carbocycles. The highest BCUT2D eigenvalue weighted by atomic mass is 32.1. The van der Waals surface area contributed by atoms with E-state index in [4.69, 9.17) is 0 Å². The smallest absolute Gasteiger partial charge is 0.0566 e. The Morgan fingerprint density at radius 3 is 2.43 bits per heavy atom. The molecule has 0 aliphatic rings. The number of fused-ring (bicyclic) bond motifs is 1. The van der Waals surface area contributed by atoms with Crippen molar-refractivity contribution < 1.29 is 0 Å². The number of aromatic nitrogens is 1. The number of nitrogens with one attached hydrogen (secondary N) is 1. The lowest BCUT2D eigenvalue weighted by molar-refractivity contribution is 1.48. The summed E-state index contributed by atoms with van der Waals surface area (Å²) >= 11 is 1.83. The van der Waals surface area contributed by atoms with Crippen molar-refractivity contribution in [2.75, 3.05) is 0 Å². The molecular weight excluding hydrogens is 274 g/mol. The summed E-state index contributed by atoms with van der Waals surface area (Å²) < 4.78 is 0. The Hall–Kier alpha value is -2.32. The van der Waals surface area contributed by atoms with Gasteiger partial charge in [-0.1, -0.05) is 36.4 Å². The van der Waals surface area contributed by atoms with Crippen LogP contribution in [-0.2, 0) is 0 Å². The highest BCUT2D eigenvalue weighted by Crippen LogP contribution is 2.31. The number of aromatic amines is 1. The Labute approximate surface area is 127 Å². The average Bonchev–Trinajstić information content (AvgIpc) is 3.13. The predicted octanol–water partition coefficient (Wildman–Crippen LogP) is 5.87. The van der Waals surface area contributed by atoms with Crippen LogP contribution >= 0.6 is 11.3 Å². The van der Waals surface area contributed by atoms with E-state index in [1.54, 1.807) is 0 Å². The standard InChI is InChI=1S/C19H15NS/c1-13-7-10-19(21-13)18-12-16-11-15(8-9-17(16)20-18)14-5-3-2-4-6-14/h2-12,20H,1H3. The van der Waals surface area contributed by atoms with Crippen molar-refractivity contribution in [2.24, 2.45) is 0 Å². The molecule has 0 fully saturated rings. The fourth-order valence-electron chi connectivity index (χ4n) is 2.65. The quantitative estimate of drug-likeness (QED) is 0.475. The van der Waals surface area contributed by atoms with Crippen molar-refractivity contribution in [3.05, 3.63) is 71.6 Å². The monoisotopic (exact) mass is 289 g/mol. The minimum atomic E-state index is 1.19. The van der Waals surface area contributed by atoms with Gasteiger partial charge in [-0.3, -0.25) is 0 Å². The summed E-state index contributed by atoms with van der Waals surface area (Å²) in [6.07, 6.45) is 0. The van der Waals surface area contributed by atoms with Crippen LogP contribution in [0.25, 0.3) is 32.6 Å². The molecule has 0 radical (unpaired) electrons. The maximum atomic E-state index is 3.51. The van der Waals surface area contributed by atoms with E-state index < -0.39 is 0 Å². The lowest BCUT2D eigenvalue weighted by Gasteiger charge is -2.00. The van der Waals surface area contributed by atoms with E-state index in [2.05, 4.69) is 78.6 Å². The van der Waals surface area contributed by atoms with Gasteiger partial charge in [0.15, 0.2) is 0 Å². The summed E-state index contributed by atoms with van der Waals surface area (Å²) in [4.78, 5) is 6.15. The van der Waals surface area contributed by atoms with E-state index in [-0.39, 0.29) is 0 Å². The molecule has 0 unspecified atom stereocenters. The number of H-pyrrole nitrogens is 1. The zero-order valence-corrected chi connectivity index (χ0v) is 12.6. The first-order chi connectivity index (χ1) is 10.3. The van der Waals surface area contributed by atoms with Crippen molar-refractivity contribution in [3.63, 3.8) is 0 Å². The van der Waals surface area contributed by atoms with Crippen LogP contribution in [-0.4, -0.2) is 4.98 Å². The summed E-state index contributed by atoms with van der Waals surface area (Å²) in [5.74, 6) is 0. The Kier molecular flexibility index (Phi) is 2.90. The van der Waals surface area contributed by atoms with Crippen molar-refractivity contribution in [3.8, 4) is 21.7 Å². The molecule has 0 spiro atoms. The Morgan fingerprint density at radius 1 is 0.810 bits per heavy atom. The van der Waals surface area contributed by atoms with Crippen LogP contribution in [0.1, 0.15) is 4.88 Å². The average molecular weight is 289 g/mol. The minimum Gasteiger partial charge on any atom is -0.354 e. The maximum absolute atomic E-state index is 3.51. The van der Waals surface area contributed by atoms with Gasteiger partial charge < -0.3 is 4.98 Å². The first-order valence-electron chi connectivity index (χ1n) is 7.04. The molecule has 0 atom stereocenters.